The van der Waals surface area contributed by atoms with Crippen LogP contribution in [-0.2, 0) is 44.5 Å². The topological polar surface area (TPSA) is 239 Å². The van der Waals surface area contributed by atoms with Crippen LogP contribution in [-0.4, -0.2) is 111 Å². The van der Waals surface area contributed by atoms with Gasteiger partial charge in [0.1, 0.15) is 24.4 Å². The number of hydrogen-bond donors (Lipinski definition) is 7. The number of ether oxygens (including phenoxy) is 5. The summed E-state index contributed by atoms with van der Waals surface area (Å²) in [7, 11) is 1.08. The van der Waals surface area contributed by atoms with Gasteiger partial charge in [0.15, 0.2) is 17.8 Å². The van der Waals surface area contributed by atoms with Crippen LogP contribution in [0.15, 0.2) is 30.0 Å². The molecule has 1 saturated heterocycles. The minimum atomic E-state index is -1.82. The molecule has 2 aliphatic rings. The number of aliphatic carboxylic acids is 1. The lowest BCUT2D eigenvalue weighted by atomic mass is 9.79. The van der Waals surface area contributed by atoms with E-state index in [4.69, 9.17) is 23.7 Å². The molecule has 0 amide bonds. The van der Waals surface area contributed by atoms with E-state index in [0.29, 0.717) is 5.56 Å². The molecule has 40 heavy (non-hydrogen) atoms. The summed E-state index contributed by atoms with van der Waals surface area (Å²) < 4.78 is 26.4. The van der Waals surface area contributed by atoms with E-state index in [-0.39, 0.29) is 30.1 Å². The fourth-order valence-corrected chi connectivity index (χ4v) is 4.46. The Morgan fingerprint density at radius 3 is 2.33 bits per heavy atom. The number of benzene rings is 1. The molecule has 222 valence electrons. The normalized spacial score (nSPS) is 30.1. The molecule has 0 bridgehead atoms. The Bertz CT molecular complexity index is 1090. The molecule has 3 rings (SSSR count). The lowest BCUT2D eigenvalue weighted by molar-refractivity contribution is -0.341. The minimum absolute atomic E-state index is 0.141. The number of hydrogen-bond acceptors (Lipinski definition) is 14. The number of phenolic OH excluding ortho intramolecular Hbond substituents is 2. The molecule has 1 aromatic carbocycles. The van der Waals surface area contributed by atoms with Crippen molar-refractivity contribution in [3.8, 4) is 11.5 Å². The van der Waals surface area contributed by atoms with E-state index >= 15 is 0 Å². The fraction of sp³-hybridized carbons (Fsp3) is 0.560. The Labute approximate surface area is 227 Å². The molecule has 1 fully saturated rings. The van der Waals surface area contributed by atoms with Gasteiger partial charge in [0.25, 0.3) is 0 Å². The zero-order valence-electron chi connectivity index (χ0n) is 21.4. The highest BCUT2D eigenvalue weighted by molar-refractivity contribution is 5.90. The lowest BCUT2D eigenvalue weighted by Gasteiger charge is -2.43. The van der Waals surface area contributed by atoms with Gasteiger partial charge in [0.2, 0.25) is 6.29 Å². The average Bonchev–Trinajstić information content (AvgIpc) is 2.92. The van der Waals surface area contributed by atoms with E-state index in [1.807, 2.05) is 0 Å². The minimum Gasteiger partial charge on any atom is -0.504 e. The van der Waals surface area contributed by atoms with E-state index < -0.39 is 86.2 Å². The third-order valence-electron chi connectivity index (χ3n) is 6.62. The van der Waals surface area contributed by atoms with E-state index in [9.17, 15) is 50.1 Å². The third-order valence-corrected chi connectivity index (χ3v) is 6.62. The first-order valence-electron chi connectivity index (χ1n) is 12.2. The van der Waals surface area contributed by atoms with Crippen LogP contribution in [0.2, 0.25) is 0 Å². The number of carboxylic acid groups (broad SMARTS) is 1. The zero-order chi connectivity index (χ0) is 29.6. The number of carbonyl (C=O) groups is 3. The number of phenols is 2. The summed E-state index contributed by atoms with van der Waals surface area (Å²) in [6.07, 6.45) is -9.86. The van der Waals surface area contributed by atoms with Gasteiger partial charge in [-0.15, -0.1) is 0 Å². The number of aromatic hydroxyl groups is 2. The Kier molecular flexibility index (Phi) is 10.7. The summed E-state index contributed by atoms with van der Waals surface area (Å²) in [5.74, 6) is -6.10. The standard InChI is InChI=1S/C25H32O15/c1-36-23(35)14-10-38-24(40-25-22(34)21(33)20(32)17(9-26)39-25)13(7-18(29)30)12(14)8-19(31)37-5-4-11-2-3-15(27)16(28)6-11/h2-3,6,10,12-13,17,20-22,24-28,32-34H,4-5,7-9H2,1H3,(H,29,30)/t12-,13+,17-,20+,21+,22+,24+,25-/m0/s1. The van der Waals surface area contributed by atoms with Gasteiger partial charge in [-0.05, 0) is 17.7 Å². The van der Waals surface area contributed by atoms with Crippen molar-refractivity contribution in [3.63, 3.8) is 0 Å². The zero-order valence-corrected chi connectivity index (χ0v) is 21.4. The van der Waals surface area contributed by atoms with Crippen molar-refractivity contribution >= 4 is 17.9 Å². The molecule has 15 nitrogen and oxygen atoms in total. The van der Waals surface area contributed by atoms with Crippen LogP contribution in [0, 0.1) is 11.8 Å². The summed E-state index contributed by atoms with van der Waals surface area (Å²) in [4.78, 5) is 36.9. The summed E-state index contributed by atoms with van der Waals surface area (Å²) in [5.41, 5.74) is 0.379. The van der Waals surface area contributed by atoms with Gasteiger partial charge in [-0.2, -0.15) is 0 Å². The van der Waals surface area contributed by atoms with E-state index in [2.05, 4.69) is 0 Å². The molecule has 0 unspecified atom stereocenters. The van der Waals surface area contributed by atoms with Crippen molar-refractivity contribution in [2.75, 3.05) is 20.3 Å². The molecular formula is C25H32O15. The van der Waals surface area contributed by atoms with E-state index in [1.165, 1.54) is 18.2 Å². The molecular weight excluding hydrogens is 540 g/mol. The molecule has 0 saturated carbocycles. The first-order valence-corrected chi connectivity index (χ1v) is 12.2. The van der Waals surface area contributed by atoms with Crippen LogP contribution in [0.25, 0.3) is 0 Å². The fourth-order valence-electron chi connectivity index (χ4n) is 4.46. The Balaban J connectivity index is 1.77. The number of methoxy groups -OCH3 is 1. The summed E-state index contributed by atoms with van der Waals surface area (Å²) in [6, 6.07) is 4.08. The highest BCUT2D eigenvalue weighted by atomic mass is 16.8. The number of carbonyl (C=O) groups excluding carboxylic acids is 2. The molecule has 0 aliphatic carbocycles. The smallest absolute Gasteiger partial charge is 0.337 e. The van der Waals surface area contributed by atoms with Gasteiger partial charge in [0.05, 0.1) is 45.0 Å². The number of esters is 2. The van der Waals surface area contributed by atoms with Crippen LogP contribution in [0.4, 0.5) is 0 Å². The highest BCUT2D eigenvalue weighted by Crippen LogP contribution is 2.38. The SMILES string of the molecule is COC(=O)C1=CO[C@H](O[C@@H]2O[C@@H](CO)[C@@H](O)[C@@H](O)[C@H]2O)[C@H](CC(=O)O)[C@@H]1CC(=O)OCCc1ccc(O)c(O)c1. The molecule has 15 heteroatoms. The monoisotopic (exact) mass is 572 g/mol. The van der Waals surface area contributed by atoms with E-state index in [0.717, 1.165) is 13.4 Å². The van der Waals surface area contributed by atoms with Crippen LogP contribution < -0.4 is 0 Å². The van der Waals surface area contributed by atoms with Gasteiger partial charge < -0.3 is 59.4 Å². The van der Waals surface area contributed by atoms with E-state index in [1.54, 1.807) is 0 Å². The van der Waals surface area contributed by atoms with Crippen LogP contribution in [0.3, 0.4) is 0 Å². The first-order chi connectivity index (χ1) is 19.0. The number of aliphatic hydroxyl groups excluding tert-OH is 4. The first kappa shape index (κ1) is 31.1. The predicted molar refractivity (Wildman–Crippen MR) is 128 cm³/mol. The van der Waals surface area contributed by atoms with Crippen molar-refractivity contribution in [2.24, 2.45) is 11.8 Å². The van der Waals surface area contributed by atoms with Gasteiger partial charge in [-0.25, -0.2) is 4.79 Å². The van der Waals surface area contributed by atoms with Gasteiger partial charge >= 0.3 is 17.9 Å². The van der Waals surface area contributed by atoms with Crippen molar-refractivity contribution in [2.45, 2.75) is 56.3 Å². The van der Waals surface area contributed by atoms with Crippen molar-refractivity contribution < 1.29 is 73.8 Å². The maximum atomic E-state index is 12.7. The Hall–Kier alpha value is -3.47. The number of aliphatic hydroxyl groups is 4. The van der Waals surface area contributed by atoms with Crippen molar-refractivity contribution in [1.29, 1.82) is 0 Å². The molecule has 7 N–H and O–H groups in total. The molecule has 8 atom stereocenters. The maximum absolute atomic E-state index is 12.7. The Morgan fingerprint density at radius 1 is 0.975 bits per heavy atom. The van der Waals surface area contributed by atoms with Crippen molar-refractivity contribution in [3.05, 3.63) is 35.6 Å². The number of carboxylic acids is 1. The highest BCUT2D eigenvalue weighted by Gasteiger charge is 2.49. The summed E-state index contributed by atoms with van der Waals surface area (Å²) in [6.45, 7) is -0.878. The largest absolute Gasteiger partial charge is 0.504 e. The predicted octanol–water partition coefficient (Wildman–Crippen LogP) is -1.49. The van der Waals surface area contributed by atoms with Crippen LogP contribution >= 0.6 is 0 Å². The summed E-state index contributed by atoms with van der Waals surface area (Å²) >= 11 is 0. The Morgan fingerprint density at radius 2 is 1.70 bits per heavy atom. The molecule has 1 aromatic rings. The average molecular weight is 573 g/mol. The maximum Gasteiger partial charge on any atom is 0.337 e. The quantitative estimate of drug-likeness (QED) is 0.118. The van der Waals surface area contributed by atoms with Gasteiger partial charge in [0, 0.05) is 18.3 Å². The second-order valence-corrected chi connectivity index (χ2v) is 9.27. The second kappa shape index (κ2) is 13.7. The van der Waals surface area contributed by atoms with Gasteiger partial charge in [-0.3, -0.25) is 9.59 Å². The van der Waals surface area contributed by atoms with Crippen LogP contribution in [0.5, 0.6) is 11.5 Å². The van der Waals surface area contributed by atoms with Crippen LogP contribution in [0.1, 0.15) is 18.4 Å². The van der Waals surface area contributed by atoms with Gasteiger partial charge in [-0.1, -0.05) is 6.07 Å². The van der Waals surface area contributed by atoms with Crippen molar-refractivity contribution in [1.82, 2.24) is 0 Å². The molecule has 0 aromatic heterocycles. The third kappa shape index (κ3) is 7.38. The lowest BCUT2D eigenvalue weighted by Crippen LogP contribution is -2.60. The molecule has 0 spiro atoms. The second-order valence-electron chi connectivity index (χ2n) is 9.27. The summed E-state index contributed by atoms with van der Waals surface area (Å²) in [5, 5.41) is 68.4. The molecule has 2 aliphatic heterocycles. The molecule has 2 heterocycles. The molecule has 0 radical (unpaired) electrons. The number of rotatable bonds is 11.